The molecule has 0 saturated heterocycles. The molecule has 0 saturated carbocycles. The maximum Gasteiger partial charge on any atom is 0.191 e. The molecule has 8 heteroatoms. The van der Waals surface area contributed by atoms with Crippen molar-refractivity contribution in [2.75, 3.05) is 14.2 Å². The second-order valence-corrected chi connectivity index (χ2v) is 7.07. The highest BCUT2D eigenvalue weighted by molar-refractivity contribution is 5.80. The van der Waals surface area contributed by atoms with Gasteiger partial charge in [0.25, 0.3) is 0 Å². The van der Waals surface area contributed by atoms with Crippen molar-refractivity contribution in [3.63, 3.8) is 0 Å². The molecule has 144 valence electrons. The van der Waals surface area contributed by atoms with E-state index in [1.165, 1.54) is 5.56 Å². The van der Waals surface area contributed by atoms with Crippen LogP contribution in [0.1, 0.15) is 30.3 Å². The summed E-state index contributed by atoms with van der Waals surface area (Å²) in [5.74, 6) is 3.64. The molecule has 1 aromatic heterocycles. The number of fused-ring (bicyclic) bond motifs is 2. The number of aromatic nitrogens is 3. The molecular weight excluding hydrogens is 344 g/mol. The van der Waals surface area contributed by atoms with E-state index in [4.69, 9.17) is 9.47 Å². The normalized spacial score (nSPS) is 21.2. The summed E-state index contributed by atoms with van der Waals surface area (Å²) >= 11 is 0. The van der Waals surface area contributed by atoms with Gasteiger partial charge in [-0.05, 0) is 25.5 Å². The molecule has 8 nitrogen and oxygen atoms in total. The Morgan fingerprint density at radius 1 is 1.44 bits per heavy atom. The van der Waals surface area contributed by atoms with Crippen molar-refractivity contribution in [1.82, 2.24) is 25.4 Å². The number of benzene rings is 1. The van der Waals surface area contributed by atoms with Crippen molar-refractivity contribution < 1.29 is 9.47 Å². The Bertz CT molecular complexity index is 847. The molecule has 2 aliphatic heterocycles. The summed E-state index contributed by atoms with van der Waals surface area (Å²) in [4.78, 5) is 8.63. The number of guanidine groups is 1. The van der Waals surface area contributed by atoms with Crippen LogP contribution >= 0.6 is 0 Å². The molecule has 2 unspecified atom stereocenters. The van der Waals surface area contributed by atoms with Gasteiger partial charge >= 0.3 is 0 Å². The number of hydrogen-bond acceptors (Lipinski definition) is 5. The summed E-state index contributed by atoms with van der Waals surface area (Å²) in [7, 11) is 3.49. The van der Waals surface area contributed by atoms with Crippen LogP contribution in [-0.4, -0.2) is 47.0 Å². The lowest BCUT2D eigenvalue weighted by Gasteiger charge is -2.25. The van der Waals surface area contributed by atoms with E-state index < -0.39 is 0 Å². The maximum atomic E-state index is 5.88. The molecule has 0 aliphatic carbocycles. The van der Waals surface area contributed by atoms with E-state index >= 15 is 0 Å². The van der Waals surface area contributed by atoms with Crippen LogP contribution in [-0.2, 0) is 25.9 Å². The fraction of sp³-hybridized carbons (Fsp3) is 0.526. The second kappa shape index (κ2) is 7.46. The average molecular weight is 370 g/mol. The van der Waals surface area contributed by atoms with E-state index in [0.29, 0.717) is 6.54 Å². The lowest BCUT2D eigenvalue weighted by atomic mass is 10.1. The monoisotopic (exact) mass is 370 g/mol. The number of hydrogen-bond donors (Lipinski definition) is 2. The maximum absolute atomic E-state index is 5.88. The summed E-state index contributed by atoms with van der Waals surface area (Å²) in [6.07, 6.45) is 4.69. The standard InChI is InChI=1S/C19H26N6O2/c1-12-6-13-7-16(26-3)14(8-17(13)27-12)9-21-19(20-2)24-15-4-5-18-22-11-23-25(18)10-15/h7-8,11-12,15H,4-6,9-10H2,1-3H3,(H2,20,21,24). The Balaban J connectivity index is 1.40. The Hall–Kier alpha value is -2.77. The van der Waals surface area contributed by atoms with Crippen LogP contribution in [0.25, 0.3) is 0 Å². The van der Waals surface area contributed by atoms with Gasteiger partial charge in [-0.15, -0.1) is 0 Å². The van der Waals surface area contributed by atoms with Crippen LogP contribution in [0.2, 0.25) is 0 Å². The van der Waals surface area contributed by atoms with Gasteiger partial charge in [-0.3, -0.25) is 4.99 Å². The van der Waals surface area contributed by atoms with Gasteiger partial charge < -0.3 is 20.1 Å². The van der Waals surface area contributed by atoms with Gasteiger partial charge in [-0.25, -0.2) is 9.67 Å². The third-order valence-electron chi connectivity index (χ3n) is 5.12. The first-order chi connectivity index (χ1) is 13.2. The van der Waals surface area contributed by atoms with Gasteiger partial charge in [-0.1, -0.05) is 0 Å². The molecule has 2 atom stereocenters. The topological polar surface area (TPSA) is 85.6 Å². The summed E-state index contributed by atoms with van der Waals surface area (Å²) in [5, 5.41) is 11.1. The third-order valence-corrected chi connectivity index (χ3v) is 5.12. The molecule has 2 N–H and O–H groups in total. The minimum atomic E-state index is 0.218. The fourth-order valence-electron chi connectivity index (χ4n) is 3.73. The molecule has 0 fully saturated rings. The first-order valence-electron chi connectivity index (χ1n) is 9.36. The Kier molecular flexibility index (Phi) is 4.87. The highest BCUT2D eigenvalue weighted by atomic mass is 16.5. The Labute approximate surface area is 159 Å². The largest absolute Gasteiger partial charge is 0.496 e. The van der Waals surface area contributed by atoms with Crippen molar-refractivity contribution in [3.05, 3.63) is 35.4 Å². The molecule has 3 heterocycles. The zero-order valence-corrected chi connectivity index (χ0v) is 16.0. The van der Waals surface area contributed by atoms with Crippen molar-refractivity contribution in [1.29, 1.82) is 0 Å². The zero-order valence-electron chi connectivity index (χ0n) is 16.0. The van der Waals surface area contributed by atoms with E-state index in [-0.39, 0.29) is 12.1 Å². The summed E-state index contributed by atoms with van der Waals surface area (Å²) in [6, 6.07) is 4.43. The van der Waals surface area contributed by atoms with Crippen LogP contribution in [0.3, 0.4) is 0 Å². The number of nitrogens with one attached hydrogen (secondary N) is 2. The van der Waals surface area contributed by atoms with Crippen molar-refractivity contribution in [2.45, 2.75) is 51.4 Å². The number of aryl methyl sites for hydroxylation is 1. The first kappa shape index (κ1) is 17.6. The lowest BCUT2D eigenvalue weighted by molar-refractivity contribution is 0.254. The fourth-order valence-corrected chi connectivity index (χ4v) is 3.73. The molecule has 1 aromatic carbocycles. The number of aliphatic imine (C=N–C) groups is 1. The molecular formula is C19H26N6O2. The average Bonchev–Trinajstić information content (AvgIpc) is 3.28. The van der Waals surface area contributed by atoms with Crippen molar-refractivity contribution in [3.8, 4) is 11.5 Å². The summed E-state index contributed by atoms with van der Waals surface area (Å²) in [5.41, 5.74) is 2.26. The van der Waals surface area contributed by atoms with Gasteiger partial charge in [0.05, 0.1) is 13.7 Å². The van der Waals surface area contributed by atoms with Gasteiger partial charge in [0, 0.05) is 43.6 Å². The highest BCUT2D eigenvalue weighted by Gasteiger charge is 2.23. The highest BCUT2D eigenvalue weighted by Crippen LogP contribution is 2.34. The molecule has 0 radical (unpaired) electrons. The minimum Gasteiger partial charge on any atom is -0.496 e. The molecule has 0 amide bonds. The molecule has 2 aliphatic rings. The van der Waals surface area contributed by atoms with Crippen molar-refractivity contribution >= 4 is 5.96 Å². The van der Waals surface area contributed by atoms with Crippen LogP contribution < -0.4 is 20.1 Å². The molecule has 4 rings (SSSR count). The first-order valence-corrected chi connectivity index (χ1v) is 9.36. The molecule has 27 heavy (non-hydrogen) atoms. The van der Waals surface area contributed by atoms with Crippen LogP contribution in [0.4, 0.5) is 0 Å². The molecule has 0 spiro atoms. The SMILES string of the molecule is CN=C(NCc1cc2c(cc1OC)CC(C)O2)NC1CCc2ncnn2C1. The third kappa shape index (κ3) is 3.70. The van der Waals surface area contributed by atoms with Crippen LogP contribution in [0.15, 0.2) is 23.5 Å². The van der Waals surface area contributed by atoms with Gasteiger partial charge in [-0.2, -0.15) is 5.10 Å². The number of methoxy groups -OCH3 is 1. The van der Waals surface area contributed by atoms with E-state index in [1.807, 2.05) is 4.68 Å². The zero-order chi connectivity index (χ0) is 18.8. The van der Waals surface area contributed by atoms with Crippen LogP contribution in [0.5, 0.6) is 11.5 Å². The summed E-state index contributed by atoms with van der Waals surface area (Å²) < 4.78 is 13.4. The quantitative estimate of drug-likeness (QED) is 0.623. The van der Waals surface area contributed by atoms with Gasteiger partial charge in [0.2, 0.25) is 0 Å². The van der Waals surface area contributed by atoms with Gasteiger partial charge in [0.15, 0.2) is 5.96 Å². The minimum absolute atomic E-state index is 0.218. The predicted octanol–water partition coefficient (Wildman–Crippen LogP) is 1.29. The molecule has 2 aromatic rings. The predicted molar refractivity (Wildman–Crippen MR) is 102 cm³/mol. The lowest BCUT2D eigenvalue weighted by Crippen LogP contribution is -2.46. The second-order valence-electron chi connectivity index (χ2n) is 7.07. The van der Waals surface area contributed by atoms with E-state index in [1.54, 1.807) is 20.5 Å². The molecule has 0 bridgehead atoms. The summed E-state index contributed by atoms with van der Waals surface area (Å²) in [6.45, 7) is 3.49. The Morgan fingerprint density at radius 2 is 2.33 bits per heavy atom. The Morgan fingerprint density at radius 3 is 3.15 bits per heavy atom. The van der Waals surface area contributed by atoms with E-state index in [0.717, 1.165) is 54.7 Å². The van der Waals surface area contributed by atoms with Crippen LogP contribution in [0, 0.1) is 0 Å². The number of rotatable bonds is 4. The van der Waals surface area contributed by atoms with E-state index in [2.05, 4.69) is 44.8 Å². The smallest absolute Gasteiger partial charge is 0.191 e. The van der Waals surface area contributed by atoms with Crippen molar-refractivity contribution in [2.24, 2.45) is 4.99 Å². The van der Waals surface area contributed by atoms with E-state index in [9.17, 15) is 0 Å². The number of nitrogens with zero attached hydrogens (tertiary/aromatic N) is 4. The van der Waals surface area contributed by atoms with Gasteiger partial charge in [0.1, 0.15) is 29.8 Å². The number of ether oxygens (including phenoxy) is 2.